The maximum absolute atomic E-state index is 12.4. The summed E-state index contributed by atoms with van der Waals surface area (Å²) in [5, 5.41) is 0. The molecule has 0 bridgehead atoms. The van der Waals surface area contributed by atoms with Crippen LogP contribution in [0.15, 0.2) is 54.9 Å². The zero-order valence-electron chi connectivity index (χ0n) is 10.9. The number of nitrogens with zero attached hydrogens (tertiary/aromatic N) is 2. The molecule has 2 N–H and O–H groups in total. The second kappa shape index (κ2) is 6.47. The summed E-state index contributed by atoms with van der Waals surface area (Å²) in [6.45, 7) is 0.174. The molecule has 1 aromatic heterocycles. The third-order valence-electron chi connectivity index (χ3n) is 2.75. The maximum atomic E-state index is 12.4. The summed E-state index contributed by atoms with van der Waals surface area (Å²) >= 11 is 0. The van der Waals surface area contributed by atoms with E-state index in [9.17, 15) is 9.59 Å². The lowest BCUT2D eigenvalue weighted by atomic mass is 10.2. The Balaban J connectivity index is 2.19. The topological polar surface area (TPSA) is 76.3 Å². The molecule has 102 valence electrons. The van der Waals surface area contributed by atoms with Gasteiger partial charge in [0.2, 0.25) is 5.91 Å². The number of hydrogen-bond acceptors (Lipinski definition) is 3. The minimum Gasteiger partial charge on any atom is -0.368 e. The summed E-state index contributed by atoms with van der Waals surface area (Å²) in [5.74, 6) is -0.772. The van der Waals surface area contributed by atoms with Crippen LogP contribution in [0.2, 0.25) is 0 Å². The molecule has 0 saturated heterocycles. The summed E-state index contributed by atoms with van der Waals surface area (Å²) in [5.41, 5.74) is 6.59. The number of hydrogen-bond donors (Lipinski definition) is 1. The second-order valence-corrected chi connectivity index (χ2v) is 4.35. The smallest absolute Gasteiger partial charge is 0.254 e. The molecule has 0 aliphatic carbocycles. The zero-order valence-corrected chi connectivity index (χ0v) is 10.9. The quantitative estimate of drug-likeness (QED) is 0.886. The highest BCUT2D eigenvalue weighted by Gasteiger charge is 2.17. The molecular formula is C15H15N3O2. The van der Waals surface area contributed by atoms with Gasteiger partial charge in [0.05, 0.1) is 6.54 Å². The van der Waals surface area contributed by atoms with Gasteiger partial charge < -0.3 is 10.6 Å². The van der Waals surface area contributed by atoms with Crippen LogP contribution in [0.3, 0.4) is 0 Å². The third-order valence-corrected chi connectivity index (χ3v) is 2.75. The first-order chi connectivity index (χ1) is 9.66. The van der Waals surface area contributed by atoms with Crippen molar-refractivity contribution in [3.63, 3.8) is 0 Å². The van der Waals surface area contributed by atoms with Gasteiger partial charge in [0.25, 0.3) is 5.91 Å². The zero-order chi connectivity index (χ0) is 14.4. The van der Waals surface area contributed by atoms with E-state index in [1.54, 1.807) is 42.7 Å². The van der Waals surface area contributed by atoms with Gasteiger partial charge in [0.1, 0.15) is 0 Å². The van der Waals surface area contributed by atoms with Crippen LogP contribution < -0.4 is 5.73 Å². The van der Waals surface area contributed by atoms with Gasteiger partial charge in [0, 0.05) is 24.5 Å². The Labute approximate surface area is 117 Å². The molecule has 20 heavy (non-hydrogen) atoms. The van der Waals surface area contributed by atoms with Crippen molar-refractivity contribution in [1.82, 2.24) is 9.88 Å². The molecule has 0 spiro atoms. The van der Waals surface area contributed by atoms with Gasteiger partial charge in [-0.3, -0.25) is 14.6 Å². The molecule has 1 heterocycles. The van der Waals surface area contributed by atoms with Crippen LogP contribution in [-0.4, -0.2) is 28.2 Å². The molecule has 1 aromatic carbocycles. The van der Waals surface area contributed by atoms with Gasteiger partial charge in [-0.2, -0.15) is 0 Å². The van der Waals surface area contributed by atoms with E-state index in [-0.39, 0.29) is 12.5 Å². The first-order valence-corrected chi connectivity index (χ1v) is 6.18. The molecule has 0 radical (unpaired) electrons. The molecular weight excluding hydrogens is 254 g/mol. The number of primary amides is 1. The highest BCUT2D eigenvalue weighted by Crippen LogP contribution is 2.09. The average molecular weight is 269 g/mol. The predicted octanol–water partition coefficient (Wildman–Crippen LogP) is 1.21. The Morgan fingerprint density at radius 1 is 1.10 bits per heavy atom. The summed E-state index contributed by atoms with van der Waals surface area (Å²) in [7, 11) is 0. The molecule has 0 saturated carbocycles. The number of carbonyl (C=O) groups excluding carboxylic acids is 2. The van der Waals surface area contributed by atoms with Gasteiger partial charge in [-0.05, 0) is 23.8 Å². The number of benzene rings is 1. The molecule has 2 aromatic rings. The fourth-order valence-corrected chi connectivity index (χ4v) is 1.86. The molecule has 0 unspecified atom stereocenters. The van der Waals surface area contributed by atoms with Crippen LogP contribution in [0.4, 0.5) is 0 Å². The van der Waals surface area contributed by atoms with E-state index >= 15 is 0 Å². The Morgan fingerprint density at radius 3 is 2.45 bits per heavy atom. The van der Waals surface area contributed by atoms with Crippen molar-refractivity contribution < 1.29 is 9.59 Å². The molecule has 0 atom stereocenters. The highest BCUT2D eigenvalue weighted by molar-refractivity contribution is 5.96. The van der Waals surface area contributed by atoms with Gasteiger partial charge in [0.15, 0.2) is 0 Å². The second-order valence-electron chi connectivity index (χ2n) is 4.35. The number of nitrogens with two attached hydrogens (primary N) is 1. The van der Waals surface area contributed by atoms with Crippen molar-refractivity contribution in [2.75, 3.05) is 6.54 Å². The Kier molecular flexibility index (Phi) is 4.44. The first-order valence-electron chi connectivity index (χ1n) is 6.18. The number of pyridine rings is 1. The van der Waals surface area contributed by atoms with Crippen molar-refractivity contribution in [2.45, 2.75) is 6.54 Å². The van der Waals surface area contributed by atoms with Crippen LogP contribution in [0.5, 0.6) is 0 Å². The minimum atomic E-state index is -0.543. The molecule has 0 aliphatic heterocycles. The van der Waals surface area contributed by atoms with Crippen LogP contribution >= 0.6 is 0 Å². The van der Waals surface area contributed by atoms with Crippen LogP contribution in [0.1, 0.15) is 15.9 Å². The van der Waals surface area contributed by atoms with Crippen LogP contribution in [0.25, 0.3) is 0 Å². The molecule has 2 rings (SSSR count). The van der Waals surface area contributed by atoms with E-state index in [2.05, 4.69) is 4.98 Å². The molecule has 2 amide bonds. The molecule has 5 heteroatoms. The number of amides is 2. The Bertz CT molecular complexity index is 585. The highest BCUT2D eigenvalue weighted by atomic mass is 16.2. The van der Waals surface area contributed by atoms with E-state index in [0.717, 1.165) is 5.56 Å². The first kappa shape index (κ1) is 13.7. The lowest BCUT2D eigenvalue weighted by Crippen LogP contribution is -2.38. The summed E-state index contributed by atoms with van der Waals surface area (Å²) in [6, 6.07) is 12.4. The largest absolute Gasteiger partial charge is 0.368 e. The van der Waals surface area contributed by atoms with Crippen LogP contribution in [0, 0.1) is 0 Å². The molecule has 0 fully saturated rings. The van der Waals surface area contributed by atoms with Crippen molar-refractivity contribution in [3.05, 3.63) is 66.0 Å². The third kappa shape index (κ3) is 3.65. The number of carbonyl (C=O) groups is 2. The van der Waals surface area contributed by atoms with E-state index in [1.165, 1.54) is 4.90 Å². The number of aromatic nitrogens is 1. The predicted molar refractivity (Wildman–Crippen MR) is 74.6 cm³/mol. The van der Waals surface area contributed by atoms with Crippen molar-refractivity contribution in [3.8, 4) is 0 Å². The summed E-state index contributed by atoms with van der Waals surface area (Å²) in [4.78, 5) is 28.9. The lowest BCUT2D eigenvalue weighted by Gasteiger charge is -2.21. The maximum Gasteiger partial charge on any atom is 0.254 e. The van der Waals surface area contributed by atoms with Crippen LogP contribution in [-0.2, 0) is 11.3 Å². The standard InChI is InChI=1S/C15H15N3O2/c16-14(19)11-18(10-12-5-4-8-17-9-12)15(20)13-6-2-1-3-7-13/h1-9H,10-11H2,(H2,16,19). The summed E-state index contributed by atoms with van der Waals surface area (Å²) in [6.07, 6.45) is 3.31. The summed E-state index contributed by atoms with van der Waals surface area (Å²) < 4.78 is 0. The molecule has 0 aliphatic rings. The van der Waals surface area contributed by atoms with E-state index < -0.39 is 5.91 Å². The Morgan fingerprint density at radius 2 is 1.85 bits per heavy atom. The fourth-order valence-electron chi connectivity index (χ4n) is 1.86. The van der Waals surface area contributed by atoms with Crippen molar-refractivity contribution >= 4 is 11.8 Å². The number of rotatable bonds is 5. The van der Waals surface area contributed by atoms with Crippen molar-refractivity contribution in [1.29, 1.82) is 0 Å². The van der Waals surface area contributed by atoms with Gasteiger partial charge in [-0.15, -0.1) is 0 Å². The Hall–Kier alpha value is -2.69. The average Bonchev–Trinajstić information content (AvgIpc) is 2.47. The normalized spacial score (nSPS) is 10.0. The van der Waals surface area contributed by atoms with E-state index in [0.29, 0.717) is 12.1 Å². The minimum absolute atomic E-state index is 0.122. The SMILES string of the molecule is NC(=O)CN(Cc1cccnc1)C(=O)c1ccccc1. The van der Waals surface area contributed by atoms with E-state index in [4.69, 9.17) is 5.73 Å². The van der Waals surface area contributed by atoms with Gasteiger partial charge in [-0.1, -0.05) is 24.3 Å². The van der Waals surface area contributed by atoms with Gasteiger partial charge >= 0.3 is 0 Å². The molecule has 5 nitrogen and oxygen atoms in total. The fraction of sp³-hybridized carbons (Fsp3) is 0.133. The lowest BCUT2D eigenvalue weighted by molar-refractivity contribution is -0.118. The monoisotopic (exact) mass is 269 g/mol. The van der Waals surface area contributed by atoms with E-state index in [1.807, 2.05) is 12.1 Å². The van der Waals surface area contributed by atoms with Crippen molar-refractivity contribution in [2.24, 2.45) is 5.73 Å². The van der Waals surface area contributed by atoms with Gasteiger partial charge in [-0.25, -0.2) is 0 Å².